The van der Waals surface area contributed by atoms with Crippen LogP contribution in [0.15, 0.2) is 10.6 Å². The number of nitrogens with zero attached hydrogens (tertiary/aromatic N) is 3. The molecule has 1 aromatic rings. The van der Waals surface area contributed by atoms with Crippen LogP contribution in [-0.4, -0.2) is 45.5 Å². The van der Waals surface area contributed by atoms with Crippen LogP contribution in [0.25, 0.3) is 0 Å². The number of rotatable bonds is 5. The third-order valence-corrected chi connectivity index (χ3v) is 6.82. The summed E-state index contributed by atoms with van der Waals surface area (Å²) >= 11 is 0. The molecule has 4 rings (SSSR count). The molecule has 1 aromatic heterocycles. The maximum absolute atomic E-state index is 12.7. The highest BCUT2D eigenvalue weighted by Gasteiger charge is 2.53. The van der Waals surface area contributed by atoms with Crippen LogP contribution in [0.4, 0.5) is 0 Å². The highest BCUT2D eigenvalue weighted by molar-refractivity contribution is 5.80. The summed E-state index contributed by atoms with van der Waals surface area (Å²) in [6.45, 7) is 7.15. The van der Waals surface area contributed by atoms with Crippen LogP contribution in [0.5, 0.6) is 0 Å². The minimum absolute atomic E-state index is 0.0540. The lowest BCUT2D eigenvalue weighted by Crippen LogP contribution is -2.63. The van der Waals surface area contributed by atoms with Gasteiger partial charge in [0.2, 0.25) is 5.91 Å². The van der Waals surface area contributed by atoms with Gasteiger partial charge in [0.05, 0.1) is 11.2 Å². The fourth-order valence-corrected chi connectivity index (χ4v) is 5.44. The van der Waals surface area contributed by atoms with Gasteiger partial charge < -0.3 is 9.42 Å². The van der Waals surface area contributed by atoms with Crippen LogP contribution in [0, 0.1) is 12.8 Å². The van der Waals surface area contributed by atoms with Crippen molar-refractivity contribution in [2.24, 2.45) is 5.92 Å². The SMILES string of the molecule is CC[C@@H]1N(Cc2cc(C)on2)CCC[C@]12CCC(=O)N2CC1CCC1. The molecule has 5 heteroatoms. The normalized spacial score (nSPS) is 31.0. The molecule has 1 saturated carbocycles. The van der Waals surface area contributed by atoms with Gasteiger partial charge in [-0.2, -0.15) is 0 Å². The Labute approximate surface area is 150 Å². The second-order valence-corrected chi connectivity index (χ2v) is 8.33. The van der Waals surface area contributed by atoms with Gasteiger partial charge in [-0.1, -0.05) is 18.5 Å². The van der Waals surface area contributed by atoms with Gasteiger partial charge in [0.15, 0.2) is 0 Å². The third-order valence-electron chi connectivity index (χ3n) is 6.82. The zero-order valence-electron chi connectivity index (χ0n) is 15.7. The third kappa shape index (κ3) is 3.01. The van der Waals surface area contributed by atoms with Gasteiger partial charge in [0, 0.05) is 31.6 Å². The van der Waals surface area contributed by atoms with E-state index in [1.165, 1.54) is 25.7 Å². The predicted octanol–water partition coefficient (Wildman–Crippen LogP) is 3.52. The number of hydrogen-bond donors (Lipinski definition) is 0. The van der Waals surface area contributed by atoms with Crippen molar-refractivity contribution in [1.29, 1.82) is 0 Å². The van der Waals surface area contributed by atoms with E-state index < -0.39 is 0 Å². The number of likely N-dealkylation sites (tertiary alicyclic amines) is 2. The van der Waals surface area contributed by atoms with Gasteiger partial charge in [0.25, 0.3) is 0 Å². The molecule has 138 valence electrons. The number of carbonyl (C=O) groups excluding carboxylic acids is 1. The summed E-state index contributed by atoms with van der Waals surface area (Å²) in [6, 6.07) is 2.48. The number of carbonyl (C=O) groups is 1. The van der Waals surface area contributed by atoms with Crippen LogP contribution in [0.2, 0.25) is 0 Å². The van der Waals surface area contributed by atoms with E-state index >= 15 is 0 Å². The maximum Gasteiger partial charge on any atom is 0.223 e. The first-order chi connectivity index (χ1) is 12.1. The monoisotopic (exact) mass is 345 g/mol. The largest absolute Gasteiger partial charge is 0.361 e. The number of aryl methyl sites for hydroxylation is 1. The molecule has 0 N–H and O–H groups in total. The topological polar surface area (TPSA) is 49.6 Å². The first kappa shape index (κ1) is 17.1. The molecule has 3 fully saturated rings. The summed E-state index contributed by atoms with van der Waals surface area (Å²) in [5.41, 5.74) is 1.07. The average Bonchev–Trinajstić information content (AvgIpc) is 3.09. The Morgan fingerprint density at radius 2 is 2.16 bits per heavy atom. The molecular weight excluding hydrogens is 314 g/mol. The summed E-state index contributed by atoms with van der Waals surface area (Å²) in [7, 11) is 0. The fourth-order valence-electron chi connectivity index (χ4n) is 5.44. The van der Waals surface area contributed by atoms with Crippen LogP contribution in [-0.2, 0) is 11.3 Å². The maximum atomic E-state index is 12.7. The summed E-state index contributed by atoms with van der Waals surface area (Å²) in [4.78, 5) is 17.6. The van der Waals surface area contributed by atoms with Crippen LogP contribution in [0.1, 0.15) is 69.7 Å². The summed E-state index contributed by atoms with van der Waals surface area (Å²) in [5.74, 6) is 2.01. The second kappa shape index (κ2) is 6.75. The van der Waals surface area contributed by atoms with Gasteiger partial charge in [-0.15, -0.1) is 0 Å². The van der Waals surface area contributed by atoms with Crippen molar-refractivity contribution in [3.8, 4) is 0 Å². The van der Waals surface area contributed by atoms with Gasteiger partial charge in [0.1, 0.15) is 5.76 Å². The first-order valence-corrected chi connectivity index (χ1v) is 10.1. The Bertz CT molecular complexity index is 624. The number of hydrogen-bond acceptors (Lipinski definition) is 4. The Morgan fingerprint density at radius 1 is 1.32 bits per heavy atom. The van der Waals surface area contributed by atoms with Crippen molar-refractivity contribution >= 4 is 5.91 Å². The predicted molar refractivity (Wildman–Crippen MR) is 96.0 cm³/mol. The van der Waals surface area contributed by atoms with E-state index in [-0.39, 0.29) is 5.54 Å². The van der Waals surface area contributed by atoms with Gasteiger partial charge in [-0.25, -0.2) is 0 Å². The lowest BCUT2D eigenvalue weighted by molar-refractivity contribution is -0.137. The van der Waals surface area contributed by atoms with Crippen LogP contribution >= 0.6 is 0 Å². The van der Waals surface area contributed by atoms with E-state index in [0.29, 0.717) is 11.9 Å². The zero-order valence-corrected chi connectivity index (χ0v) is 15.7. The molecule has 1 aliphatic carbocycles. The minimum Gasteiger partial charge on any atom is -0.361 e. The summed E-state index contributed by atoms with van der Waals surface area (Å²) < 4.78 is 5.26. The lowest BCUT2D eigenvalue weighted by atomic mass is 9.76. The standard InChI is InChI=1S/C20H31N3O2/c1-3-18-20(10-8-19(24)23(20)13-16-6-4-7-16)9-5-11-22(18)14-17-12-15(2)25-21-17/h12,16,18H,3-11,13-14H2,1-2H3/t18-,20-/m0/s1. The molecule has 0 aromatic carbocycles. The number of amides is 1. The van der Waals surface area contributed by atoms with Crippen LogP contribution in [0.3, 0.4) is 0 Å². The first-order valence-electron chi connectivity index (χ1n) is 10.1. The molecule has 3 heterocycles. The lowest BCUT2D eigenvalue weighted by Gasteiger charge is -2.53. The van der Waals surface area contributed by atoms with E-state index in [2.05, 4.69) is 21.9 Å². The highest BCUT2D eigenvalue weighted by Crippen LogP contribution is 2.45. The summed E-state index contributed by atoms with van der Waals surface area (Å²) in [5, 5.41) is 4.20. The Morgan fingerprint density at radius 3 is 2.80 bits per heavy atom. The van der Waals surface area contributed by atoms with Crippen molar-refractivity contribution < 1.29 is 9.32 Å². The quantitative estimate of drug-likeness (QED) is 0.819. The Hall–Kier alpha value is -1.36. The van der Waals surface area contributed by atoms with Gasteiger partial charge >= 0.3 is 0 Å². The van der Waals surface area contributed by atoms with Crippen molar-refractivity contribution in [3.63, 3.8) is 0 Å². The Kier molecular flexibility index (Phi) is 4.61. The van der Waals surface area contributed by atoms with Crippen molar-refractivity contribution in [2.45, 2.75) is 83.3 Å². The van der Waals surface area contributed by atoms with E-state index in [4.69, 9.17) is 4.52 Å². The van der Waals surface area contributed by atoms with Gasteiger partial charge in [-0.3, -0.25) is 9.69 Å². The van der Waals surface area contributed by atoms with E-state index in [1.54, 1.807) is 0 Å². The molecular formula is C20H31N3O2. The Balaban J connectivity index is 1.56. The number of piperidine rings is 1. The molecule has 3 aliphatic rings. The molecule has 2 atom stereocenters. The summed E-state index contributed by atoms with van der Waals surface area (Å²) in [6.07, 6.45) is 9.14. The smallest absolute Gasteiger partial charge is 0.223 e. The van der Waals surface area contributed by atoms with E-state index in [9.17, 15) is 4.79 Å². The zero-order chi connectivity index (χ0) is 17.4. The van der Waals surface area contributed by atoms with Crippen molar-refractivity contribution in [2.75, 3.05) is 13.1 Å². The highest BCUT2D eigenvalue weighted by atomic mass is 16.5. The molecule has 0 radical (unpaired) electrons. The fraction of sp³-hybridized carbons (Fsp3) is 0.800. The molecule has 0 unspecified atom stereocenters. The van der Waals surface area contributed by atoms with E-state index in [0.717, 1.165) is 62.7 Å². The van der Waals surface area contributed by atoms with Crippen molar-refractivity contribution in [3.05, 3.63) is 17.5 Å². The number of aromatic nitrogens is 1. The van der Waals surface area contributed by atoms with E-state index in [1.807, 2.05) is 13.0 Å². The molecule has 5 nitrogen and oxygen atoms in total. The molecule has 2 aliphatic heterocycles. The molecule has 0 bridgehead atoms. The molecule has 25 heavy (non-hydrogen) atoms. The second-order valence-electron chi connectivity index (χ2n) is 8.33. The molecule has 1 amide bonds. The van der Waals surface area contributed by atoms with Crippen LogP contribution < -0.4 is 0 Å². The molecule has 2 saturated heterocycles. The van der Waals surface area contributed by atoms with Crippen molar-refractivity contribution in [1.82, 2.24) is 15.0 Å². The minimum atomic E-state index is 0.0540. The van der Waals surface area contributed by atoms with Gasteiger partial charge in [-0.05, 0) is 57.9 Å². The average molecular weight is 345 g/mol. The molecule has 1 spiro atoms.